The van der Waals surface area contributed by atoms with Crippen molar-refractivity contribution in [1.82, 2.24) is 4.90 Å². The van der Waals surface area contributed by atoms with Crippen LogP contribution in [0.2, 0.25) is 0 Å². The third-order valence-electron chi connectivity index (χ3n) is 4.49. The molecule has 2 aromatic rings. The summed E-state index contributed by atoms with van der Waals surface area (Å²) in [5.41, 5.74) is 1.71. The smallest absolute Gasteiger partial charge is 0.269 e. The molecule has 1 saturated heterocycles. The van der Waals surface area contributed by atoms with Crippen molar-refractivity contribution in [2.45, 2.75) is 11.8 Å². The van der Waals surface area contributed by atoms with Crippen molar-refractivity contribution in [3.8, 4) is 11.5 Å². The van der Waals surface area contributed by atoms with Crippen LogP contribution in [-0.2, 0) is 4.79 Å². The minimum absolute atomic E-state index is 0.0425. The molecule has 4 rings (SSSR count). The Morgan fingerprint density at radius 2 is 1.89 bits per heavy atom. The first-order chi connectivity index (χ1) is 13.5. The number of carbonyl (C=O) groups is 1. The number of anilines is 1. The van der Waals surface area contributed by atoms with E-state index in [2.05, 4.69) is 4.99 Å². The van der Waals surface area contributed by atoms with Gasteiger partial charge < -0.3 is 14.7 Å². The second-order valence-electron chi connectivity index (χ2n) is 6.19. The number of ether oxygens (including phenoxy) is 1. The molecule has 0 spiro atoms. The lowest BCUT2D eigenvalue weighted by Crippen LogP contribution is -2.29. The second-order valence-corrected chi connectivity index (χ2v) is 8.20. The van der Waals surface area contributed by atoms with E-state index in [1.807, 2.05) is 37.1 Å². The molecule has 0 saturated carbocycles. The van der Waals surface area contributed by atoms with Gasteiger partial charge in [0.2, 0.25) is 0 Å². The van der Waals surface area contributed by atoms with Crippen LogP contribution in [0.1, 0.15) is 6.92 Å². The summed E-state index contributed by atoms with van der Waals surface area (Å²) in [6.45, 7) is 2.47. The topological polar surface area (TPSA) is 65.4 Å². The van der Waals surface area contributed by atoms with E-state index in [4.69, 9.17) is 4.74 Å². The quantitative estimate of drug-likeness (QED) is 0.753. The van der Waals surface area contributed by atoms with Gasteiger partial charge in [-0.25, -0.2) is 4.99 Å². The summed E-state index contributed by atoms with van der Waals surface area (Å²) >= 11 is 2.96. The Morgan fingerprint density at radius 1 is 1.14 bits per heavy atom. The number of rotatable bonds is 3. The number of carbonyl (C=O) groups excluding carboxylic acids is 1. The van der Waals surface area contributed by atoms with Gasteiger partial charge in [-0.05, 0) is 55.1 Å². The standard InChI is InChI=1S/C20H19N3O3S2/c1-4-23-18(25)17(28-20(23)21-12-5-7-13(24)8-6-12)19-22(2)15-11-14(26-3)9-10-16(15)27-19/h5-11,24H,4H2,1-3H3/b19-17-,21-20?. The highest BCUT2D eigenvalue weighted by Gasteiger charge is 2.38. The van der Waals surface area contributed by atoms with Crippen LogP contribution >= 0.6 is 23.5 Å². The summed E-state index contributed by atoms with van der Waals surface area (Å²) in [5.74, 6) is 0.929. The lowest BCUT2D eigenvalue weighted by Gasteiger charge is -2.15. The zero-order valence-corrected chi connectivity index (χ0v) is 17.3. The third-order valence-corrected chi connectivity index (χ3v) is 6.92. The summed E-state index contributed by atoms with van der Waals surface area (Å²) in [7, 11) is 3.60. The number of amidine groups is 1. The van der Waals surface area contributed by atoms with Crippen LogP contribution in [0.25, 0.3) is 0 Å². The van der Waals surface area contributed by atoms with Crippen LogP contribution in [0, 0.1) is 0 Å². The lowest BCUT2D eigenvalue weighted by atomic mass is 10.3. The van der Waals surface area contributed by atoms with Crippen molar-refractivity contribution in [3.05, 3.63) is 52.4 Å². The van der Waals surface area contributed by atoms with Crippen LogP contribution < -0.4 is 9.64 Å². The molecule has 1 fully saturated rings. The van der Waals surface area contributed by atoms with Crippen LogP contribution in [0.3, 0.4) is 0 Å². The molecule has 2 aliphatic heterocycles. The fraction of sp³-hybridized carbons (Fsp3) is 0.200. The summed E-state index contributed by atoms with van der Waals surface area (Å²) in [4.78, 5) is 23.1. The Balaban J connectivity index is 1.71. The second kappa shape index (κ2) is 7.44. The molecule has 0 unspecified atom stereocenters. The zero-order valence-electron chi connectivity index (χ0n) is 15.7. The van der Waals surface area contributed by atoms with Crippen LogP contribution in [-0.4, -0.2) is 41.8 Å². The van der Waals surface area contributed by atoms with Crippen molar-refractivity contribution >= 4 is 46.0 Å². The van der Waals surface area contributed by atoms with E-state index in [9.17, 15) is 9.90 Å². The van der Waals surface area contributed by atoms with Gasteiger partial charge >= 0.3 is 0 Å². The van der Waals surface area contributed by atoms with Gasteiger partial charge in [-0.2, -0.15) is 0 Å². The number of amides is 1. The van der Waals surface area contributed by atoms with Crippen LogP contribution in [0.15, 0.2) is 62.3 Å². The number of hydrogen-bond donors (Lipinski definition) is 1. The lowest BCUT2D eigenvalue weighted by molar-refractivity contribution is -0.122. The number of hydrogen-bond acceptors (Lipinski definition) is 7. The summed E-state index contributed by atoms with van der Waals surface area (Å²) in [6.07, 6.45) is 0. The molecular formula is C20H19N3O3S2. The number of thioether (sulfide) groups is 2. The van der Waals surface area contributed by atoms with Gasteiger partial charge in [0.1, 0.15) is 16.4 Å². The molecule has 144 valence electrons. The van der Waals surface area contributed by atoms with E-state index >= 15 is 0 Å². The maximum atomic E-state index is 13.1. The Labute approximate surface area is 171 Å². The predicted octanol–water partition coefficient (Wildman–Crippen LogP) is 4.39. The molecule has 0 radical (unpaired) electrons. The number of fused-ring (bicyclic) bond motifs is 1. The van der Waals surface area contributed by atoms with Gasteiger partial charge in [0.25, 0.3) is 5.91 Å². The molecular weight excluding hydrogens is 394 g/mol. The van der Waals surface area contributed by atoms with E-state index in [1.165, 1.54) is 11.8 Å². The molecule has 2 heterocycles. The highest BCUT2D eigenvalue weighted by Crippen LogP contribution is 2.51. The van der Waals surface area contributed by atoms with Crippen molar-refractivity contribution < 1.29 is 14.6 Å². The van der Waals surface area contributed by atoms with E-state index in [0.717, 1.165) is 21.4 Å². The summed E-state index contributed by atoms with van der Waals surface area (Å²) in [6, 6.07) is 12.5. The zero-order chi connectivity index (χ0) is 19.8. The molecule has 28 heavy (non-hydrogen) atoms. The number of aromatic hydroxyl groups is 1. The van der Waals surface area contributed by atoms with Gasteiger partial charge in [0, 0.05) is 24.6 Å². The van der Waals surface area contributed by atoms with E-state index < -0.39 is 0 Å². The Morgan fingerprint density at radius 3 is 2.57 bits per heavy atom. The molecule has 2 aromatic carbocycles. The molecule has 0 bridgehead atoms. The monoisotopic (exact) mass is 413 g/mol. The molecule has 6 nitrogen and oxygen atoms in total. The molecule has 0 aliphatic carbocycles. The number of methoxy groups -OCH3 is 1. The van der Waals surface area contributed by atoms with Crippen molar-refractivity contribution in [3.63, 3.8) is 0 Å². The number of phenolic OH excluding ortho intramolecular Hbond substituents is 1. The fourth-order valence-electron chi connectivity index (χ4n) is 2.99. The van der Waals surface area contributed by atoms with Gasteiger partial charge in [-0.1, -0.05) is 11.8 Å². The van der Waals surface area contributed by atoms with E-state index in [0.29, 0.717) is 22.3 Å². The Kier molecular flexibility index (Phi) is 4.99. The third kappa shape index (κ3) is 3.22. The Bertz CT molecular complexity index is 1000. The minimum atomic E-state index is -0.0425. The van der Waals surface area contributed by atoms with E-state index in [1.54, 1.807) is 48.0 Å². The van der Waals surface area contributed by atoms with Crippen molar-refractivity contribution in [1.29, 1.82) is 0 Å². The SMILES string of the molecule is CCN1C(=O)/C(=C2/Sc3ccc(OC)cc3N2C)SC1=Nc1ccc(O)cc1. The first-order valence-electron chi connectivity index (χ1n) is 8.73. The molecule has 2 aliphatic rings. The molecule has 8 heteroatoms. The first-order valence-corrected chi connectivity index (χ1v) is 10.4. The van der Waals surface area contributed by atoms with Crippen molar-refractivity contribution in [2.24, 2.45) is 4.99 Å². The summed E-state index contributed by atoms with van der Waals surface area (Å²) in [5, 5.41) is 11.0. The number of aliphatic imine (C=N–C) groups is 1. The maximum Gasteiger partial charge on any atom is 0.269 e. The average molecular weight is 414 g/mol. The number of likely N-dealkylation sites (N-methyl/N-ethyl adjacent to an activating group) is 1. The minimum Gasteiger partial charge on any atom is -0.508 e. The number of nitrogens with zero attached hydrogens (tertiary/aromatic N) is 3. The van der Waals surface area contributed by atoms with Crippen LogP contribution in [0.5, 0.6) is 11.5 Å². The highest BCUT2D eigenvalue weighted by atomic mass is 32.2. The average Bonchev–Trinajstić information content (AvgIpc) is 3.19. The van der Waals surface area contributed by atoms with E-state index in [-0.39, 0.29) is 11.7 Å². The number of benzene rings is 2. The van der Waals surface area contributed by atoms with Crippen LogP contribution in [0.4, 0.5) is 11.4 Å². The first kappa shape index (κ1) is 18.8. The van der Waals surface area contributed by atoms with Gasteiger partial charge in [-0.15, -0.1) is 0 Å². The number of phenols is 1. The van der Waals surface area contributed by atoms with Gasteiger partial charge in [-0.3, -0.25) is 9.69 Å². The molecule has 1 amide bonds. The largest absolute Gasteiger partial charge is 0.508 e. The normalized spacial score (nSPS) is 20.2. The van der Waals surface area contributed by atoms with Gasteiger partial charge in [0.15, 0.2) is 5.17 Å². The maximum absolute atomic E-state index is 13.1. The van der Waals surface area contributed by atoms with Crippen molar-refractivity contribution in [2.75, 3.05) is 25.6 Å². The Hall–Kier alpha value is -2.58. The predicted molar refractivity (Wildman–Crippen MR) is 114 cm³/mol. The summed E-state index contributed by atoms with van der Waals surface area (Å²) < 4.78 is 5.33. The molecule has 0 atom stereocenters. The molecule has 1 N–H and O–H groups in total. The fourth-order valence-corrected chi connectivity index (χ4v) is 5.38. The molecule has 0 aromatic heterocycles. The highest BCUT2D eigenvalue weighted by molar-refractivity contribution is 8.19. The van der Waals surface area contributed by atoms with Gasteiger partial charge in [0.05, 0.1) is 23.5 Å².